The summed E-state index contributed by atoms with van der Waals surface area (Å²) in [4.78, 5) is 0. The maximum Gasteiger partial charge on any atom is 0.189 e. The molecule has 3 saturated heterocycles. The third-order valence-corrected chi connectivity index (χ3v) is 7.58. The fourth-order valence-electron chi connectivity index (χ4n) is 5.33. The van der Waals surface area contributed by atoms with E-state index >= 15 is 0 Å². The zero-order chi connectivity index (χ0) is 27.2. The first-order chi connectivity index (χ1) is 17.5. The molecular formula is C21H39N3O13. The van der Waals surface area contributed by atoms with Gasteiger partial charge >= 0.3 is 0 Å². The predicted octanol–water partition coefficient (Wildman–Crippen LogP) is -6.88. The van der Waals surface area contributed by atoms with Crippen LogP contribution in [0.2, 0.25) is 0 Å². The molecule has 4 fully saturated rings. The molecule has 37 heavy (non-hydrogen) atoms. The van der Waals surface area contributed by atoms with Crippen LogP contribution in [0.15, 0.2) is 0 Å². The van der Waals surface area contributed by atoms with E-state index in [4.69, 9.17) is 35.2 Å². The van der Waals surface area contributed by atoms with Crippen molar-refractivity contribution in [1.82, 2.24) is 5.32 Å². The minimum atomic E-state index is -1.67. The van der Waals surface area contributed by atoms with Gasteiger partial charge in [0.2, 0.25) is 0 Å². The number of nitrogens with two attached hydrogens (primary N) is 2. The van der Waals surface area contributed by atoms with Gasteiger partial charge in [-0.05, 0) is 19.9 Å². The molecule has 1 saturated carbocycles. The lowest BCUT2D eigenvalue weighted by Crippen LogP contribution is -2.69. The van der Waals surface area contributed by atoms with Gasteiger partial charge in [0.1, 0.15) is 48.8 Å². The molecule has 3 heterocycles. The van der Waals surface area contributed by atoms with Crippen molar-refractivity contribution in [3.05, 3.63) is 0 Å². The highest BCUT2D eigenvalue weighted by molar-refractivity contribution is 5.01. The monoisotopic (exact) mass is 541 g/mol. The van der Waals surface area contributed by atoms with Gasteiger partial charge in [0.25, 0.3) is 0 Å². The first-order valence-electron chi connectivity index (χ1n) is 12.3. The second-order valence-corrected chi connectivity index (χ2v) is 10.1. The van der Waals surface area contributed by atoms with Gasteiger partial charge in [0, 0.05) is 6.04 Å². The second-order valence-electron chi connectivity index (χ2n) is 10.1. The summed E-state index contributed by atoms with van der Waals surface area (Å²) in [5, 5.41) is 84.4. The Morgan fingerprint density at radius 2 is 1.43 bits per heavy atom. The molecule has 4 aliphatic rings. The molecule has 0 bridgehead atoms. The summed E-state index contributed by atoms with van der Waals surface area (Å²) in [5.41, 5.74) is 11.9. The Morgan fingerprint density at radius 1 is 0.730 bits per heavy atom. The molecule has 0 aromatic heterocycles. The summed E-state index contributed by atoms with van der Waals surface area (Å²) in [7, 11) is 1.52. The van der Waals surface area contributed by atoms with Gasteiger partial charge in [-0.15, -0.1) is 0 Å². The predicted molar refractivity (Wildman–Crippen MR) is 119 cm³/mol. The minimum Gasteiger partial charge on any atom is -0.394 e. The summed E-state index contributed by atoms with van der Waals surface area (Å²) in [5.74, 6) is 0. The van der Waals surface area contributed by atoms with Crippen LogP contribution in [0, 0.1) is 0 Å². The van der Waals surface area contributed by atoms with Crippen LogP contribution < -0.4 is 16.8 Å². The Bertz CT molecular complexity index is 752. The quantitative estimate of drug-likeness (QED) is 0.149. The topological polar surface area (TPSA) is 272 Å². The number of ether oxygens (including phenoxy) is 5. The average molecular weight is 542 g/mol. The zero-order valence-electron chi connectivity index (χ0n) is 20.2. The summed E-state index contributed by atoms with van der Waals surface area (Å²) in [6.07, 6.45) is -18.2. The van der Waals surface area contributed by atoms with E-state index in [2.05, 4.69) is 5.32 Å². The molecule has 16 heteroatoms. The number of likely N-dealkylation sites (N-methyl/N-ethyl adjacent to an activating group) is 1. The minimum absolute atomic E-state index is 0.0125. The van der Waals surface area contributed by atoms with Crippen LogP contribution in [0.5, 0.6) is 0 Å². The smallest absolute Gasteiger partial charge is 0.189 e. The van der Waals surface area contributed by atoms with Crippen molar-refractivity contribution in [1.29, 1.82) is 0 Å². The van der Waals surface area contributed by atoms with Gasteiger partial charge in [-0.3, -0.25) is 0 Å². The van der Waals surface area contributed by atoms with E-state index in [1.165, 1.54) is 7.05 Å². The van der Waals surface area contributed by atoms with Crippen molar-refractivity contribution in [3.8, 4) is 0 Å². The Morgan fingerprint density at radius 3 is 2.08 bits per heavy atom. The van der Waals surface area contributed by atoms with Crippen LogP contribution in [0.3, 0.4) is 0 Å². The highest BCUT2D eigenvalue weighted by Gasteiger charge is 2.54. The van der Waals surface area contributed by atoms with Crippen molar-refractivity contribution in [2.24, 2.45) is 11.5 Å². The van der Waals surface area contributed by atoms with Crippen LogP contribution in [0.4, 0.5) is 0 Å². The van der Waals surface area contributed by atoms with E-state index in [0.29, 0.717) is 0 Å². The number of rotatable bonds is 6. The van der Waals surface area contributed by atoms with Crippen LogP contribution >= 0.6 is 0 Å². The van der Waals surface area contributed by atoms with E-state index in [1.807, 2.05) is 0 Å². The third kappa shape index (κ3) is 5.66. The fourth-order valence-corrected chi connectivity index (χ4v) is 5.33. The van der Waals surface area contributed by atoms with Crippen LogP contribution in [-0.4, -0.2) is 159 Å². The number of hydrogen-bond donors (Lipinski definition) is 11. The molecule has 0 aromatic carbocycles. The van der Waals surface area contributed by atoms with Gasteiger partial charge in [-0.1, -0.05) is 0 Å². The number of nitrogens with one attached hydrogen (secondary N) is 1. The lowest BCUT2D eigenvalue weighted by atomic mass is 9.85. The number of hydrogen-bond acceptors (Lipinski definition) is 16. The van der Waals surface area contributed by atoms with Gasteiger partial charge in [-0.25, -0.2) is 0 Å². The summed E-state index contributed by atoms with van der Waals surface area (Å²) in [6, 6.07) is -2.60. The first kappa shape index (κ1) is 29.3. The maximum absolute atomic E-state index is 11.1. The fraction of sp³-hybridized carbons (Fsp3) is 1.00. The largest absolute Gasteiger partial charge is 0.394 e. The molecule has 0 unspecified atom stereocenters. The van der Waals surface area contributed by atoms with Crippen LogP contribution in [0.1, 0.15) is 12.8 Å². The molecule has 16 nitrogen and oxygen atoms in total. The molecule has 0 spiro atoms. The summed E-state index contributed by atoms with van der Waals surface area (Å²) < 4.78 is 28.7. The van der Waals surface area contributed by atoms with Gasteiger partial charge in [0.05, 0.1) is 37.0 Å². The van der Waals surface area contributed by atoms with Crippen molar-refractivity contribution in [3.63, 3.8) is 0 Å². The lowest BCUT2D eigenvalue weighted by Gasteiger charge is -2.51. The Hall–Kier alpha value is -0.640. The first-order valence-corrected chi connectivity index (χ1v) is 12.3. The van der Waals surface area contributed by atoms with E-state index in [-0.39, 0.29) is 12.8 Å². The molecule has 17 atom stereocenters. The molecule has 4 rings (SSSR count). The van der Waals surface area contributed by atoms with E-state index in [9.17, 15) is 40.9 Å². The molecular weight excluding hydrogens is 502 g/mol. The normalized spacial score (nSPS) is 55.1. The third-order valence-electron chi connectivity index (χ3n) is 7.58. The Balaban J connectivity index is 1.43. The van der Waals surface area contributed by atoms with Crippen molar-refractivity contribution in [2.45, 2.75) is 117 Å². The summed E-state index contributed by atoms with van der Waals surface area (Å²) >= 11 is 0. The zero-order valence-corrected chi connectivity index (χ0v) is 20.2. The summed E-state index contributed by atoms with van der Waals surface area (Å²) in [6.45, 7) is -0.642. The molecule has 0 amide bonds. The van der Waals surface area contributed by atoms with Crippen molar-refractivity contribution in [2.75, 3.05) is 13.7 Å². The van der Waals surface area contributed by atoms with Crippen LogP contribution in [-0.2, 0) is 23.7 Å². The second kappa shape index (κ2) is 11.8. The number of aliphatic hydroxyl groups excluding tert-OH is 8. The highest BCUT2D eigenvalue weighted by atomic mass is 16.8. The number of aliphatic hydroxyl groups is 8. The lowest BCUT2D eigenvalue weighted by molar-refractivity contribution is -0.379. The van der Waals surface area contributed by atoms with Crippen LogP contribution in [0.25, 0.3) is 0 Å². The van der Waals surface area contributed by atoms with E-state index in [0.717, 1.165) is 0 Å². The molecule has 13 N–H and O–H groups in total. The molecule has 216 valence electrons. The number of fused-ring (bicyclic) bond motifs is 1. The molecule has 3 aliphatic heterocycles. The van der Waals surface area contributed by atoms with Gasteiger partial charge in [0.15, 0.2) is 18.9 Å². The Kier molecular flexibility index (Phi) is 9.40. The average Bonchev–Trinajstić information content (AvgIpc) is 2.86. The van der Waals surface area contributed by atoms with Gasteiger partial charge in [-0.2, -0.15) is 0 Å². The van der Waals surface area contributed by atoms with E-state index < -0.39 is 111 Å². The van der Waals surface area contributed by atoms with Gasteiger partial charge < -0.3 is 81.3 Å². The molecule has 0 aromatic rings. The van der Waals surface area contributed by atoms with E-state index in [1.54, 1.807) is 0 Å². The molecule has 0 radical (unpaired) electrons. The van der Waals surface area contributed by atoms with Crippen molar-refractivity contribution >= 4 is 0 Å². The van der Waals surface area contributed by atoms with Crippen molar-refractivity contribution < 1.29 is 64.5 Å². The standard InChI is InChI=1S/C21H39N3O13/c1-24-10-13(29)18-8(33-20(10)37-21-16(32)14(30)12(28)9(4-25)34-21)3-6(23)19(36-18)35-17-7(26)2-5(22)11(27)15(17)31/h5-21,24-32H,2-4,22-23H2,1H3/t5-,6-,7+,8+,9-,10+,11+,12+,13-,14+,15-,16-,17-,18-,19-,20-,21-/m1/s1. The SMILES string of the molecule is CN[C@@H]1[C@@H](O[C@H]2O[C@H](CO)[C@H](O)[C@H](O)[C@H]2O)O[C@H]2C[C@@H](N)[C@H](O[C@H]3[C@H](O)[C@@H](O)[C@H](N)C[C@@H]3O)O[C@H]2[C@@H]1O. The highest BCUT2D eigenvalue weighted by Crippen LogP contribution is 2.35. The Labute approximate surface area is 212 Å². The maximum atomic E-state index is 11.1. The molecule has 1 aliphatic carbocycles.